The van der Waals surface area contributed by atoms with Crippen molar-refractivity contribution >= 4 is 69.6 Å². The second kappa shape index (κ2) is 15.0. The van der Waals surface area contributed by atoms with Crippen LogP contribution in [-0.4, -0.2) is 8.07 Å². The Balaban J connectivity index is 1.33. The summed E-state index contributed by atoms with van der Waals surface area (Å²) in [5.74, 6) is 0. The molecule has 1 aliphatic rings. The first kappa shape index (κ1) is 34.8. The molecule has 0 heterocycles. The van der Waals surface area contributed by atoms with Gasteiger partial charge in [-0.1, -0.05) is 218 Å². The molecule has 1 unspecified atom stereocenters. The minimum Gasteiger partial charge on any atom is -0.309 e. The van der Waals surface area contributed by atoms with E-state index in [0.717, 1.165) is 44.7 Å². The standard InChI is InChI=1S/C48H40O2P2Si/c49-51(39-19-7-1-8-20-39,40-21-9-2-10-22-40)43-31-35-47(36-32-43)53(45-27-15-5-16-28-45,46-29-17-6-18-30-46)48-37-33-44(34-38-48)52(50,41-23-11-3-12-24-41)42-25-13-4-14-26-42/h1-13,15-25,27-38H,14,26H2. The summed E-state index contributed by atoms with van der Waals surface area (Å²) in [7, 11) is -9.18. The molecule has 0 fully saturated rings. The summed E-state index contributed by atoms with van der Waals surface area (Å²) in [5, 5.41) is 10.00. The van der Waals surface area contributed by atoms with E-state index in [-0.39, 0.29) is 0 Å². The minimum atomic E-state index is -3.16. The van der Waals surface area contributed by atoms with Gasteiger partial charge in [0.2, 0.25) is 0 Å². The first-order valence-corrected chi connectivity index (χ1v) is 23.5. The molecule has 5 heteroatoms. The van der Waals surface area contributed by atoms with Gasteiger partial charge in [-0.3, -0.25) is 0 Å². The fourth-order valence-electron chi connectivity index (χ4n) is 7.91. The summed E-state index contributed by atoms with van der Waals surface area (Å²) >= 11 is 0. The Hall–Kier alpha value is -5.30. The van der Waals surface area contributed by atoms with Crippen LogP contribution in [0.4, 0.5) is 0 Å². The summed E-state index contributed by atoms with van der Waals surface area (Å²) in [6.45, 7) is 0. The molecule has 8 rings (SSSR count). The molecule has 1 aliphatic carbocycles. The summed E-state index contributed by atoms with van der Waals surface area (Å²) in [4.78, 5) is 0. The van der Waals surface area contributed by atoms with E-state index < -0.39 is 22.4 Å². The lowest BCUT2D eigenvalue weighted by Crippen LogP contribution is -2.74. The van der Waals surface area contributed by atoms with Crippen LogP contribution in [0.1, 0.15) is 12.8 Å². The van der Waals surface area contributed by atoms with Crippen LogP contribution >= 0.6 is 14.3 Å². The van der Waals surface area contributed by atoms with Gasteiger partial charge in [0.05, 0.1) is 0 Å². The van der Waals surface area contributed by atoms with Gasteiger partial charge in [0.1, 0.15) is 0 Å². The zero-order valence-corrected chi connectivity index (χ0v) is 32.2. The van der Waals surface area contributed by atoms with E-state index in [1.54, 1.807) is 0 Å². The van der Waals surface area contributed by atoms with Crippen molar-refractivity contribution in [3.63, 3.8) is 0 Å². The third kappa shape index (κ3) is 6.20. The normalized spacial score (nSPS) is 14.2. The summed E-state index contributed by atoms with van der Waals surface area (Å²) in [6.07, 6.45) is 7.91. The molecule has 0 saturated heterocycles. The summed E-state index contributed by atoms with van der Waals surface area (Å²) in [5.41, 5.74) is 0. The minimum absolute atomic E-state index is 0.777. The van der Waals surface area contributed by atoms with Crippen LogP contribution < -0.4 is 47.3 Å². The van der Waals surface area contributed by atoms with E-state index >= 15 is 9.13 Å². The lowest BCUT2D eigenvalue weighted by atomic mass is 10.2. The monoisotopic (exact) mass is 738 g/mol. The van der Waals surface area contributed by atoms with Crippen LogP contribution in [0.5, 0.6) is 0 Å². The number of hydrogen-bond donors (Lipinski definition) is 0. The molecule has 1 atom stereocenters. The lowest BCUT2D eigenvalue weighted by molar-refractivity contribution is 0.589. The Labute approximate surface area is 314 Å². The largest absolute Gasteiger partial charge is 0.309 e. The second-order valence-corrected chi connectivity index (χ2v) is 22.8. The maximum Gasteiger partial charge on any atom is 0.179 e. The van der Waals surface area contributed by atoms with Crippen molar-refractivity contribution in [2.24, 2.45) is 0 Å². The van der Waals surface area contributed by atoms with Crippen LogP contribution in [-0.2, 0) is 9.13 Å². The first-order valence-electron chi connectivity index (χ1n) is 18.1. The predicted octanol–water partition coefficient (Wildman–Crippen LogP) is 7.25. The Kier molecular flexibility index (Phi) is 9.82. The Morgan fingerprint density at radius 1 is 0.358 bits per heavy atom. The topological polar surface area (TPSA) is 34.1 Å². The molecule has 0 aliphatic heterocycles. The van der Waals surface area contributed by atoms with Gasteiger partial charge in [0, 0.05) is 26.5 Å². The molecule has 0 amide bonds. The van der Waals surface area contributed by atoms with Crippen LogP contribution in [0.25, 0.3) is 0 Å². The third-order valence-corrected chi connectivity index (χ3v) is 21.6. The maximum atomic E-state index is 15.4. The lowest BCUT2D eigenvalue weighted by Gasteiger charge is -2.35. The highest BCUT2D eigenvalue weighted by atomic mass is 31.2. The average Bonchev–Trinajstić information content (AvgIpc) is 3.26. The fraction of sp³-hybridized carbons (Fsp3) is 0.0417. The fourth-order valence-corrected chi connectivity index (χ4v) is 18.1. The number of benzene rings is 7. The molecule has 53 heavy (non-hydrogen) atoms. The summed E-state index contributed by atoms with van der Waals surface area (Å²) < 4.78 is 30.7. The molecular formula is C48H40O2P2Si. The van der Waals surface area contributed by atoms with E-state index in [1.807, 2.05) is 97.1 Å². The van der Waals surface area contributed by atoms with Gasteiger partial charge in [-0.25, -0.2) is 0 Å². The van der Waals surface area contributed by atoms with Crippen LogP contribution in [0.2, 0.25) is 0 Å². The van der Waals surface area contributed by atoms with E-state index in [1.165, 1.54) is 20.7 Å². The quantitative estimate of drug-likeness (QED) is 0.0843. The molecule has 2 nitrogen and oxygen atoms in total. The zero-order chi connectivity index (χ0) is 36.1. The van der Waals surface area contributed by atoms with Crippen molar-refractivity contribution in [3.8, 4) is 0 Å². The van der Waals surface area contributed by atoms with Gasteiger partial charge in [0.25, 0.3) is 0 Å². The van der Waals surface area contributed by atoms with E-state index in [9.17, 15) is 0 Å². The molecule has 7 aromatic carbocycles. The molecular weight excluding hydrogens is 699 g/mol. The second-order valence-electron chi connectivity index (χ2n) is 13.4. The van der Waals surface area contributed by atoms with Gasteiger partial charge >= 0.3 is 0 Å². The molecule has 7 aromatic rings. The molecule has 0 spiro atoms. The molecule has 0 N–H and O–H groups in total. The number of allylic oxidation sites excluding steroid dienone is 4. The van der Waals surface area contributed by atoms with Crippen LogP contribution in [0.3, 0.4) is 0 Å². The molecule has 0 radical (unpaired) electrons. The van der Waals surface area contributed by atoms with E-state index in [2.05, 4.69) is 121 Å². The Bertz CT molecular complexity index is 2380. The Morgan fingerprint density at radius 2 is 0.679 bits per heavy atom. The SMILES string of the molecule is O=P(C1=CC=CCC1)(c1ccccc1)c1ccc([Si](c2ccccc2)(c2ccccc2)c2ccc(P(=O)(c3ccccc3)c3ccccc3)cc2)cc1. The number of hydrogen-bond acceptors (Lipinski definition) is 2. The van der Waals surface area contributed by atoms with Crippen molar-refractivity contribution in [2.45, 2.75) is 12.8 Å². The number of rotatable bonds is 10. The van der Waals surface area contributed by atoms with Crippen molar-refractivity contribution in [1.82, 2.24) is 0 Å². The van der Waals surface area contributed by atoms with Crippen molar-refractivity contribution in [1.29, 1.82) is 0 Å². The van der Waals surface area contributed by atoms with Gasteiger partial charge in [-0.05, 0) is 38.9 Å². The predicted molar refractivity (Wildman–Crippen MR) is 229 cm³/mol. The van der Waals surface area contributed by atoms with Crippen molar-refractivity contribution in [2.75, 3.05) is 0 Å². The van der Waals surface area contributed by atoms with Gasteiger partial charge in [-0.2, -0.15) is 0 Å². The van der Waals surface area contributed by atoms with Gasteiger partial charge in [0.15, 0.2) is 22.4 Å². The maximum absolute atomic E-state index is 15.4. The van der Waals surface area contributed by atoms with Gasteiger partial charge < -0.3 is 9.13 Å². The highest BCUT2D eigenvalue weighted by molar-refractivity contribution is 7.85. The third-order valence-electron chi connectivity index (χ3n) is 10.5. The Morgan fingerprint density at radius 3 is 1.06 bits per heavy atom. The summed E-state index contributed by atoms with van der Waals surface area (Å²) in [6, 6.07) is 68.5. The van der Waals surface area contributed by atoms with Crippen molar-refractivity contribution < 1.29 is 9.13 Å². The van der Waals surface area contributed by atoms with Crippen LogP contribution in [0.15, 0.2) is 224 Å². The highest BCUT2D eigenvalue weighted by Gasteiger charge is 2.42. The van der Waals surface area contributed by atoms with Gasteiger partial charge in [-0.15, -0.1) is 0 Å². The molecule has 0 aromatic heterocycles. The van der Waals surface area contributed by atoms with Crippen LogP contribution in [0, 0.1) is 0 Å². The smallest absolute Gasteiger partial charge is 0.179 e. The molecule has 0 bridgehead atoms. The highest BCUT2D eigenvalue weighted by Crippen LogP contribution is 2.54. The molecule has 258 valence electrons. The zero-order valence-electron chi connectivity index (χ0n) is 29.4. The average molecular weight is 739 g/mol. The van der Waals surface area contributed by atoms with Crippen molar-refractivity contribution in [3.05, 3.63) is 224 Å². The van der Waals surface area contributed by atoms with E-state index in [4.69, 9.17) is 0 Å². The van der Waals surface area contributed by atoms with E-state index in [0.29, 0.717) is 0 Å². The molecule has 0 saturated carbocycles. The first-order chi connectivity index (χ1) is 26.1.